The molecule has 1 saturated heterocycles. The molecule has 2 aromatic rings. The van der Waals surface area contributed by atoms with Crippen molar-refractivity contribution in [1.82, 2.24) is 19.2 Å². The Hall–Kier alpha value is -2.59. The summed E-state index contributed by atoms with van der Waals surface area (Å²) < 4.78 is 41.6. The van der Waals surface area contributed by atoms with E-state index in [2.05, 4.69) is 10.3 Å². The molecule has 2 aliphatic rings. The van der Waals surface area contributed by atoms with E-state index in [1.54, 1.807) is 18.9 Å². The number of hydrogen-bond donors (Lipinski definition) is 1. The Morgan fingerprint density at radius 2 is 2.03 bits per heavy atom. The van der Waals surface area contributed by atoms with Crippen molar-refractivity contribution in [2.24, 2.45) is 0 Å². The number of nitrogens with one attached hydrogen (secondary N) is 1. The van der Waals surface area contributed by atoms with E-state index < -0.39 is 15.8 Å². The normalized spacial score (nSPS) is 19.4. The molecule has 1 atom stereocenters. The lowest BCUT2D eigenvalue weighted by atomic mass is 10.1. The SMILES string of the molecule is CNc1nc(C2CCCN2C(C)=O)nc2c1CCN(S(=O)(=O)c1ccc(C)c(F)c1)C2. The van der Waals surface area contributed by atoms with Gasteiger partial charge in [0.1, 0.15) is 11.6 Å². The van der Waals surface area contributed by atoms with Gasteiger partial charge in [0.05, 0.1) is 23.2 Å². The van der Waals surface area contributed by atoms with E-state index in [4.69, 9.17) is 4.98 Å². The molecular formula is C21H26FN5O3S. The number of fused-ring (bicyclic) bond motifs is 1. The highest BCUT2D eigenvalue weighted by molar-refractivity contribution is 7.89. The number of carbonyl (C=O) groups excluding carboxylic acids is 1. The number of nitrogens with zero attached hydrogens (tertiary/aromatic N) is 4. The first-order chi connectivity index (χ1) is 14.7. The molecule has 31 heavy (non-hydrogen) atoms. The van der Waals surface area contributed by atoms with Crippen LogP contribution in [0.15, 0.2) is 23.1 Å². The summed E-state index contributed by atoms with van der Waals surface area (Å²) in [4.78, 5) is 23.0. The van der Waals surface area contributed by atoms with Gasteiger partial charge in [-0.05, 0) is 43.9 Å². The van der Waals surface area contributed by atoms with E-state index in [9.17, 15) is 17.6 Å². The molecule has 1 unspecified atom stereocenters. The molecule has 0 saturated carbocycles. The molecule has 0 aliphatic carbocycles. The monoisotopic (exact) mass is 447 g/mol. The summed E-state index contributed by atoms with van der Waals surface area (Å²) in [5, 5.41) is 3.09. The molecule has 1 N–H and O–H groups in total. The van der Waals surface area contributed by atoms with E-state index in [0.717, 1.165) is 24.5 Å². The molecule has 166 valence electrons. The van der Waals surface area contributed by atoms with Gasteiger partial charge < -0.3 is 10.2 Å². The third kappa shape index (κ3) is 3.89. The molecular weight excluding hydrogens is 421 g/mol. The average molecular weight is 448 g/mol. The zero-order valence-corrected chi connectivity index (χ0v) is 18.7. The van der Waals surface area contributed by atoms with Crippen molar-refractivity contribution in [1.29, 1.82) is 0 Å². The molecule has 4 rings (SSSR count). The zero-order valence-electron chi connectivity index (χ0n) is 17.9. The lowest BCUT2D eigenvalue weighted by Gasteiger charge is -2.30. The number of carbonyl (C=O) groups is 1. The van der Waals surface area contributed by atoms with E-state index >= 15 is 0 Å². The number of sulfonamides is 1. The number of aryl methyl sites for hydroxylation is 1. The molecule has 1 aromatic heterocycles. The highest BCUT2D eigenvalue weighted by Crippen LogP contribution is 2.34. The molecule has 1 fully saturated rings. The molecule has 1 aromatic carbocycles. The molecule has 3 heterocycles. The number of benzene rings is 1. The Kier molecular flexibility index (Phi) is 5.69. The smallest absolute Gasteiger partial charge is 0.243 e. The maximum absolute atomic E-state index is 14.0. The van der Waals surface area contributed by atoms with Crippen LogP contribution in [0.3, 0.4) is 0 Å². The summed E-state index contributed by atoms with van der Waals surface area (Å²) in [6.07, 6.45) is 2.09. The Morgan fingerprint density at radius 3 is 2.71 bits per heavy atom. The number of hydrogen-bond acceptors (Lipinski definition) is 6. The van der Waals surface area contributed by atoms with Crippen LogP contribution in [0.1, 0.15) is 48.5 Å². The Morgan fingerprint density at radius 1 is 1.26 bits per heavy atom. The van der Waals surface area contributed by atoms with Crippen LogP contribution in [0.25, 0.3) is 0 Å². The highest BCUT2D eigenvalue weighted by Gasteiger charge is 2.34. The van der Waals surface area contributed by atoms with Crippen molar-refractivity contribution in [3.8, 4) is 0 Å². The van der Waals surface area contributed by atoms with Gasteiger partial charge in [-0.2, -0.15) is 4.31 Å². The summed E-state index contributed by atoms with van der Waals surface area (Å²) in [5.74, 6) is 0.608. The predicted octanol–water partition coefficient (Wildman–Crippen LogP) is 2.40. The van der Waals surface area contributed by atoms with Crippen molar-refractivity contribution in [3.05, 3.63) is 46.7 Å². The fourth-order valence-corrected chi connectivity index (χ4v) is 5.70. The number of rotatable bonds is 4. The summed E-state index contributed by atoms with van der Waals surface area (Å²) in [6, 6.07) is 3.74. The van der Waals surface area contributed by atoms with Gasteiger partial charge in [0.15, 0.2) is 5.82 Å². The average Bonchev–Trinajstić information content (AvgIpc) is 3.24. The van der Waals surface area contributed by atoms with Crippen molar-refractivity contribution >= 4 is 21.7 Å². The summed E-state index contributed by atoms with van der Waals surface area (Å²) in [7, 11) is -2.11. The van der Waals surface area contributed by atoms with E-state index in [0.29, 0.717) is 35.9 Å². The first kappa shape index (κ1) is 21.6. The Balaban J connectivity index is 1.69. The second kappa shape index (κ2) is 8.16. The van der Waals surface area contributed by atoms with E-state index in [1.807, 2.05) is 0 Å². The minimum Gasteiger partial charge on any atom is -0.373 e. The summed E-state index contributed by atoms with van der Waals surface area (Å²) in [5.41, 5.74) is 1.89. The lowest BCUT2D eigenvalue weighted by Crippen LogP contribution is -2.37. The lowest BCUT2D eigenvalue weighted by molar-refractivity contribution is -0.129. The van der Waals surface area contributed by atoms with Crippen molar-refractivity contribution in [2.75, 3.05) is 25.5 Å². The van der Waals surface area contributed by atoms with Gasteiger partial charge in [-0.3, -0.25) is 4.79 Å². The second-order valence-corrected chi connectivity index (χ2v) is 9.91. The van der Waals surface area contributed by atoms with Crippen LogP contribution in [0.4, 0.5) is 10.2 Å². The van der Waals surface area contributed by atoms with Gasteiger partial charge in [0, 0.05) is 32.6 Å². The van der Waals surface area contributed by atoms with Gasteiger partial charge in [-0.1, -0.05) is 6.07 Å². The summed E-state index contributed by atoms with van der Waals surface area (Å²) in [6.45, 7) is 4.11. The van der Waals surface area contributed by atoms with E-state index in [1.165, 1.54) is 23.4 Å². The van der Waals surface area contributed by atoms with Crippen LogP contribution >= 0.6 is 0 Å². The molecule has 10 heteroatoms. The first-order valence-corrected chi connectivity index (χ1v) is 11.8. The standard InChI is InChI=1S/C21H26FN5O3S/c1-13-6-7-15(11-17(13)22)31(29,30)26-10-8-16-18(12-26)24-21(25-20(16)23-3)19-5-4-9-27(19)14(2)28/h6-7,11,19H,4-5,8-10,12H2,1-3H3,(H,23,24,25). The topological polar surface area (TPSA) is 95.5 Å². The molecule has 0 bridgehead atoms. The van der Waals surface area contributed by atoms with Crippen LogP contribution in [0.5, 0.6) is 0 Å². The van der Waals surface area contributed by atoms with Gasteiger partial charge >= 0.3 is 0 Å². The summed E-state index contributed by atoms with van der Waals surface area (Å²) >= 11 is 0. The largest absolute Gasteiger partial charge is 0.373 e. The predicted molar refractivity (Wildman–Crippen MR) is 113 cm³/mol. The Labute approximate surface area is 181 Å². The number of anilines is 1. The highest BCUT2D eigenvalue weighted by atomic mass is 32.2. The van der Waals surface area contributed by atoms with Crippen LogP contribution in [0, 0.1) is 12.7 Å². The van der Waals surface area contributed by atoms with Crippen LogP contribution < -0.4 is 5.32 Å². The van der Waals surface area contributed by atoms with Crippen LogP contribution in [-0.2, 0) is 27.8 Å². The number of aromatic nitrogens is 2. The number of amides is 1. The fraction of sp³-hybridized carbons (Fsp3) is 0.476. The Bertz CT molecular complexity index is 1140. The van der Waals surface area contributed by atoms with E-state index in [-0.39, 0.29) is 29.9 Å². The maximum Gasteiger partial charge on any atom is 0.243 e. The second-order valence-electron chi connectivity index (χ2n) is 7.98. The number of halogens is 1. The van der Waals surface area contributed by atoms with Gasteiger partial charge in [-0.25, -0.2) is 22.8 Å². The minimum absolute atomic E-state index is 0.0274. The fourth-order valence-electron chi connectivity index (χ4n) is 4.28. The van der Waals surface area contributed by atoms with Crippen molar-refractivity contribution in [3.63, 3.8) is 0 Å². The molecule has 0 radical (unpaired) electrons. The molecule has 8 nitrogen and oxygen atoms in total. The van der Waals surface area contributed by atoms with Crippen molar-refractivity contribution in [2.45, 2.75) is 50.6 Å². The van der Waals surface area contributed by atoms with Gasteiger partial charge in [-0.15, -0.1) is 0 Å². The maximum atomic E-state index is 14.0. The van der Waals surface area contributed by atoms with Crippen LogP contribution in [-0.4, -0.2) is 53.6 Å². The number of likely N-dealkylation sites (tertiary alicyclic amines) is 1. The molecule has 1 amide bonds. The van der Waals surface area contributed by atoms with Gasteiger partial charge in [0.25, 0.3) is 0 Å². The minimum atomic E-state index is -3.87. The third-order valence-electron chi connectivity index (χ3n) is 6.02. The quantitative estimate of drug-likeness (QED) is 0.773. The zero-order chi connectivity index (χ0) is 22.3. The molecule has 2 aliphatic heterocycles. The van der Waals surface area contributed by atoms with Crippen molar-refractivity contribution < 1.29 is 17.6 Å². The first-order valence-electron chi connectivity index (χ1n) is 10.3. The van der Waals surface area contributed by atoms with Gasteiger partial charge in [0.2, 0.25) is 15.9 Å². The third-order valence-corrected chi connectivity index (χ3v) is 7.86. The molecule has 0 spiro atoms. The van der Waals surface area contributed by atoms with Crippen LogP contribution in [0.2, 0.25) is 0 Å².